The Balaban J connectivity index is 1.27. The highest BCUT2D eigenvalue weighted by molar-refractivity contribution is 6.19. The molecule has 54 heavy (non-hydrogen) atoms. The van der Waals surface area contributed by atoms with Crippen molar-refractivity contribution in [2.45, 2.75) is 19.3 Å². The van der Waals surface area contributed by atoms with Gasteiger partial charge in [-0.05, 0) is 90.7 Å². The van der Waals surface area contributed by atoms with Crippen LogP contribution in [0.4, 0.5) is 17.1 Å². The van der Waals surface area contributed by atoms with E-state index in [1.54, 1.807) is 0 Å². The molecular weight excluding hydrogens is 657 g/mol. The Morgan fingerprint density at radius 2 is 1.19 bits per heavy atom. The molecule has 0 aliphatic heterocycles. The molecule has 0 radical (unpaired) electrons. The number of hydrogen-bond acceptors (Lipinski definition) is 2. The van der Waals surface area contributed by atoms with Crippen molar-refractivity contribution < 1.29 is 4.42 Å². The van der Waals surface area contributed by atoms with E-state index in [4.69, 9.17) is 4.42 Å². The zero-order valence-electron chi connectivity index (χ0n) is 30.1. The normalized spacial score (nSPS) is 14.9. The molecule has 1 aliphatic rings. The molecular formula is C51H36N2O. The molecule has 11 rings (SSSR count). The van der Waals surface area contributed by atoms with E-state index >= 15 is 0 Å². The van der Waals surface area contributed by atoms with Gasteiger partial charge in [0.2, 0.25) is 0 Å². The molecule has 0 spiro atoms. The summed E-state index contributed by atoms with van der Waals surface area (Å²) < 4.78 is 9.42. The van der Waals surface area contributed by atoms with Gasteiger partial charge in [0.25, 0.3) is 0 Å². The summed E-state index contributed by atoms with van der Waals surface area (Å²) in [7, 11) is 0. The van der Waals surface area contributed by atoms with Crippen LogP contribution in [-0.4, -0.2) is 4.57 Å². The van der Waals surface area contributed by atoms with Crippen LogP contribution in [-0.2, 0) is 5.41 Å². The number of nitrogens with zero attached hydrogens (tertiary/aromatic N) is 2. The SMILES string of the molecule is Cc1ccc(N(c2ccc3c4ccccc4n(-c4ccccc4)c3c2)c2cc3c(c4oc5ccccc5c24)-c2ccccc2C3(C)c2ccccc2)cc1. The quantitative estimate of drug-likeness (QED) is 0.179. The first-order valence-electron chi connectivity index (χ1n) is 18.7. The van der Waals surface area contributed by atoms with Gasteiger partial charge < -0.3 is 13.9 Å². The van der Waals surface area contributed by atoms with Crippen LogP contribution in [0, 0.1) is 6.92 Å². The molecule has 0 amide bonds. The predicted molar refractivity (Wildman–Crippen MR) is 225 cm³/mol. The second-order valence-electron chi connectivity index (χ2n) is 14.7. The van der Waals surface area contributed by atoms with Crippen molar-refractivity contribution in [3.63, 3.8) is 0 Å². The van der Waals surface area contributed by atoms with Crippen molar-refractivity contribution in [2.75, 3.05) is 4.90 Å². The highest BCUT2D eigenvalue weighted by atomic mass is 16.3. The maximum absolute atomic E-state index is 7.02. The van der Waals surface area contributed by atoms with Crippen molar-refractivity contribution in [1.29, 1.82) is 0 Å². The van der Waals surface area contributed by atoms with Gasteiger partial charge in [0.15, 0.2) is 0 Å². The summed E-state index contributed by atoms with van der Waals surface area (Å²) in [5, 5.41) is 4.68. The number of anilines is 3. The van der Waals surface area contributed by atoms with E-state index in [1.807, 2.05) is 0 Å². The lowest BCUT2D eigenvalue weighted by Gasteiger charge is -2.31. The lowest BCUT2D eigenvalue weighted by molar-refractivity contribution is 0.667. The Bertz CT molecular complexity index is 3060. The minimum atomic E-state index is -0.405. The highest BCUT2D eigenvalue weighted by Crippen LogP contribution is 2.58. The van der Waals surface area contributed by atoms with Gasteiger partial charge in [0.05, 0.1) is 22.1 Å². The van der Waals surface area contributed by atoms with Crippen LogP contribution in [0.15, 0.2) is 186 Å². The molecule has 0 saturated heterocycles. The summed E-state index contributed by atoms with van der Waals surface area (Å²) >= 11 is 0. The fourth-order valence-electron chi connectivity index (χ4n) is 9.16. The summed E-state index contributed by atoms with van der Waals surface area (Å²) in [6.45, 7) is 4.53. The fraction of sp³-hybridized carbons (Fsp3) is 0.0588. The molecule has 256 valence electrons. The summed E-state index contributed by atoms with van der Waals surface area (Å²) in [4.78, 5) is 2.45. The fourth-order valence-corrected chi connectivity index (χ4v) is 9.16. The van der Waals surface area contributed by atoms with E-state index in [0.717, 1.165) is 50.2 Å². The number of hydrogen-bond donors (Lipinski definition) is 0. The third-order valence-electron chi connectivity index (χ3n) is 11.7. The van der Waals surface area contributed by atoms with E-state index in [2.05, 4.69) is 205 Å². The first-order chi connectivity index (χ1) is 26.6. The molecule has 1 aliphatic carbocycles. The summed E-state index contributed by atoms with van der Waals surface area (Å²) in [5.74, 6) is 0. The molecule has 10 aromatic rings. The van der Waals surface area contributed by atoms with Crippen LogP contribution in [0.1, 0.15) is 29.2 Å². The van der Waals surface area contributed by atoms with E-state index in [9.17, 15) is 0 Å². The van der Waals surface area contributed by atoms with Crippen LogP contribution in [0.5, 0.6) is 0 Å². The molecule has 0 saturated carbocycles. The standard InChI is InChI=1S/C51H36N2O/c1-33-25-27-36(28-26-33)52(37-29-30-39-38-19-10-13-23-44(38)53(45(39)31-37)35-17-7-4-8-18-35)46-32-43-48(50-49(46)41-21-11-14-24-47(41)54-50)40-20-9-12-22-42(40)51(43,2)34-15-5-3-6-16-34/h3-32H,1-2H3. The lowest BCUT2D eigenvalue weighted by atomic mass is 9.74. The second-order valence-corrected chi connectivity index (χ2v) is 14.7. The molecule has 2 aromatic heterocycles. The molecule has 0 N–H and O–H groups in total. The minimum Gasteiger partial charge on any atom is -0.455 e. The Morgan fingerprint density at radius 1 is 0.537 bits per heavy atom. The highest BCUT2D eigenvalue weighted by Gasteiger charge is 2.43. The molecule has 0 bridgehead atoms. The topological polar surface area (TPSA) is 21.3 Å². The number of aryl methyl sites for hydroxylation is 1. The zero-order valence-corrected chi connectivity index (χ0v) is 30.1. The van der Waals surface area contributed by atoms with Crippen molar-refractivity contribution >= 4 is 60.8 Å². The lowest BCUT2D eigenvalue weighted by Crippen LogP contribution is -2.23. The number of aromatic nitrogens is 1. The number of furan rings is 1. The van der Waals surface area contributed by atoms with Crippen LogP contribution in [0.3, 0.4) is 0 Å². The minimum absolute atomic E-state index is 0.405. The largest absolute Gasteiger partial charge is 0.455 e. The van der Waals surface area contributed by atoms with E-state index in [0.29, 0.717) is 0 Å². The Hall–Kier alpha value is -6.84. The van der Waals surface area contributed by atoms with Gasteiger partial charge in [-0.1, -0.05) is 133 Å². The maximum Gasteiger partial charge on any atom is 0.145 e. The summed E-state index contributed by atoms with van der Waals surface area (Å²) in [6, 6.07) is 66.1. The van der Waals surface area contributed by atoms with Gasteiger partial charge in [0, 0.05) is 44.2 Å². The third kappa shape index (κ3) is 4.30. The zero-order chi connectivity index (χ0) is 36.0. The van der Waals surface area contributed by atoms with Gasteiger partial charge in [-0.2, -0.15) is 0 Å². The maximum atomic E-state index is 7.02. The molecule has 1 unspecified atom stereocenters. The Labute approximate surface area is 314 Å². The van der Waals surface area contributed by atoms with Crippen molar-refractivity contribution in [3.05, 3.63) is 204 Å². The Kier molecular flexibility index (Phi) is 6.60. The van der Waals surface area contributed by atoms with Crippen molar-refractivity contribution in [3.8, 4) is 16.8 Å². The number of fused-ring (bicyclic) bond motifs is 10. The van der Waals surface area contributed by atoms with Crippen LogP contribution in [0.2, 0.25) is 0 Å². The average molecular weight is 693 g/mol. The molecule has 3 heteroatoms. The smallest absolute Gasteiger partial charge is 0.145 e. The summed E-state index contributed by atoms with van der Waals surface area (Å²) in [5.41, 5.74) is 15.6. The van der Waals surface area contributed by atoms with Gasteiger partial charge in [-0.3, -0.25) is 0 Å². The van der Waals surface area contributed by atoms with Crippen LogP contribution < -0.4 is 4.90 Å². The van der Waals surface area contributed by atoms with Gasteiger partial charge in [0.1, 0.15) is 11.2 Å². The number of para-hydroxylation sites is 3. The number of benzene rings is 8. The van der Waals surface area contributed by atoms with Gasteiger partial charge >= 0.3 is 0 Å². The van der Waals surface area contributed by atoms with E-state index in [1.165, 1.54) is 49.7 Å². The first-order valence-corrected chi connectivity index (χ1v) is 18.7. The third-order valence-corrected chi connectivity index (χ3v) is 11.7. The van der Waals surface area contributed by atoms with Crippen molar-refractivity contribution in [1.82, 2.24) is 4.57 Å². The van der Waals surface area contributed by atoms with E-state index in [-0.39, 0.29) is 0 Å². The number of rotatable bonds is 5. The molecule has 1 atom stereocenters. The van der Waals surface area contributed by atoms with Crippen LogP contribution in [0.25, 0.3) is 60.6 Å². The van der Waals surface area contributed by atoms with Crippen molar-refractivity contribution in [2.24, 2.45) is 0 Å². The van der Waals surface area contributed by atoms with Crippen LogP contribution >= 0.6 is 0 Å². The molecule has 8 aromatic carbocycles. The van der Waals surface area contributed by atoms with Gasteiger partial charge in [-0.15, -0.1) is 0 Å². The monoisotopic (exact) mass is 692 g/mol. The van der Waals surface area contributed by atoms with Gasteiger partial charge in [-0.25, -0.2) is 0 Å². The second kappa shape index (κ2) is 11.6. The Morgan fingerprint density at radius 3 is 2.00 bits per heavy atom. The molecule has 0 fully saturated rings. The summed E-state index contributed by atoms with van der Waals surface area (Å²) in [6.07, 6.45) is 0. The average Bonchev–Trinajstić information content (AvgIpc) is 3.86. The molecule has 2 heterocycles. The first kappa shape index (κ1) is 30.8. The molecule has 3 nitrogen and oxygen atoms in total. The predicted octanol–water partition coefficient (Wildman–Crippen LogP) is 13.8. The van der Waals surface area contributed by atoms with E-state index < -0.39 is 5.41 Å².